The van der Waals surface area contributed by atoms with Gasteiger partial charge in [0.25, 0.3) is 11.8 Å². The summed E-state index contributed by atoms with van der Waals surface area (Å²) in [6, 6.07) is 19.5. The molecular formula is C27H21NO7. The topological polar surface area (TPSA) is 110 Å². The minimum Gasteiger partial charge on any atom is -0.482 e. The summed E-state index contributed by atoms with van der Waals surface area (Å²) >= 11 is 0. The lowest BCUT2D eigenvalue weighted by Gasteiger charge is -2.28. The van der Waals surface area contributed by atoms with Crippen LogP contribution in [0.1, 0.15) is 38.8 Å². The van der Waals surface area contributed by atoms with Gasteiger partial charge in [-0.25, -0.2) is 14.5 Å². The van der Waals surface area contributed by atoms with E-state index in [0.717, 1.165) is 4.90 Å². The van der Waals surface area contributed by atoms with Crippen molar-refractivity contribution in [2.75, 3.05) is 18.1 Å². The minimum absolute atomic E-state index is 0.237. The number of fused-ring (bicyclic) bond motifs is 1. The van der Waals surface area contributed by atoms with Crippen LogP contribution in [-0.4, -0.2) is 42.1 Å². The molecule has 1 aliphatic rings. The van der Waals surface area contributed by atoms with Gasteiger partial charge in [-0.15, -0.1) is 0 Å². The Morgan fingerprint density at radius 2 is 1.54 bits per heavy atom. The lowest BCUT2D eigenvalue weighted by atomic mass is 9.91. The highest BCUT2D eigenvalue weighted by atomic mass is 16.5. The number of carbonyl (C=O) groups is 4. The molecule has 4 rings (SSSR count). The van der Waals surface area contributed by atoms with Crippen molar-refractivity contribution in [2.45, 2.75) is 6.92 Å². The molecule has 0 saturated heterocycles. The number of hydrogen-bond acceptors (Lipinski definition) is 6. The largest absolute Gasteiger partial charge is 0.482 e. The van der Waals surface area contributed by atoms with Crippen molar-refractivity contribution in [3.63, 3.8) is 0 Å². The van der Waals surface area contributed by atoms with Crippen molar-refractivity contribution in [1.29, 1.82) is 0 Å². The number of anilines is 1. The lowest BCUT2D eigenvalue weighted by Crippen LogP contribution is -2.41. The van der Waals surface area contributed by atoms with Crippen LogP contribution in [0.15, 0.2) is 72.8 Å². The summed E-state index contributed by atoms with van der Waals surface area (Å²) in [6.45, 7) is 1.48. The zero-order chi connectivity index (χ0) is 24.9. The molecule has 8 nitrogen and oxygen atoms in total. The van der Waals surface area contributed by atoms with E-state index in [4.69, 9.17) is 14.6 Å². The van der Waals surface area contributed by atoms with E-state index in [1.165, 1.54) is 24.3 Å². The van der Waals surface area contributed by atoms with Gasteiger partial charge in [0.05, 0.1) is 17.9 Å². The summed E-state index contributed by atoms with van der Waals surface area (Å²) in [7, 11) is 0. The second kappa shape index (κ2) is 10.0. The Labute approximate surface area is 201 Å². The van der Waals surface area contributed by atoms with Crippen molar-refractivity contribution in [2.24, 2.45) is 0 Å². The number of hydrogen-bond donors (Lipinski definition) is 1. The SMILES string of the molecule is CCOC(=O)c1ccc(N2C(=O)C(=Cc3ccc(OCC(=O)O)cc3)c3ccccc3C2=O)cc1. The summed E-state index contributed by atoms with van der Waals surface area (Å²) in [5.41, 5.74) is 2.49. The van der Waals surface area contributed by atoms with Gasteiger partial charge in [-0.05, 0) is 66.6 Å². The van der Waals surface area contributed by atoms with E-state index in [1.54, 1.807) is 61.5 Å². The highest BCUT2D eigenvalue weighted by molar-refractivity contribution is 6.43. The molecule has 0 radical (unpaired) electrons. The average Bonchev–Trinajstić information content (AvgIpc) is 2.86. The van der Waals surface area contributed by atoms with Gasteiger partial charge in [0, 0.05) is 11.1 Å². The molecule has 1 N–H and O–H groups in total. The summed E-state index contributed by atoms with van der Waals surface area (Å²) in [4.78, 5) is 50.5. The van der Waals surface area contributed by atoms with E-state index in [0.29, 0.717) is 39.3 Å². The van der Waals surface area contributed by atoms with Crippen LogP contribution in [0.25, 0.3) is 11.6 Å². The number of carbonyl (C=O) groups excluding carboxylic acids is 3. The molecule has 0 aromatic heterocycles. The first-order valence-corrected chi connectivity index (χ1v) is 10.8. The predicted molar refractivity (Wildman–Crippen MR) is 128 cm³/mol. The van der Waals surface area contributed by atoms with Gasteiger partial charge < -0.3 is 14.6 Å². The molecule has 0 saturated carbocycles. The molecule has 0 aliphatic carbocycles. The highest BCUT2D eigenvalue weighted by Crippen LogP contribution is 2.33. The number of benzene rings is 3. The second-order valence-corrected chi connectivity index (χ2v) is 7.57. The molecule has 0 atom stereocenters. The molecule has 35 heavy (non-hydrogen) atoms. The standard InChI is InChI=1S/C27H21NO7/c1-2-34-27(33)18-9-11-19(12-10-18)28-25(31)22-6-4-3-5-21(22)23(26(28)32)15-17-7-13-20(14-8-17)35-16-24(29)30/h3-15H,2,16H2,1H3,(H,29,30). The number of amides is 2. The zero-order valence-corrected chi connectivity index (χ0v) is 18.8. The Hall–Kier alpha value is -4.72. The normalized spacial score (nSPS) is 14.0. The molecule has 2 amide bonds. The van der Waals surface area contributed by atoms with E-state index in [-0.39, 0.29) is 6.61 Å². The molecule has 0 unspecified atom stereocenters. The first-order chi connectivity index (χ1) is 16.9. The summed E-state index contributed by atoms with van der Waals surface area (Å²) < 4.78 is 10.1. The number of imide groups is 1. The van der Waals surface area contributed by atoms with Gasteiger partial charge in [0.2, 0.25) is 0 Å². The van der Waals surface area contributed by atoms with Gasteiger partial charge in [-0.3, -0.25) is 9.59 Å². The Morgan fingerprint density at radius 3 is 2.17 bits per heavy atom. The number of ether oxygens (including phenoxy) is 2. The molecule has 0 spiro atoms. The van der Waals surface area contributed by atoms with Crippen molar-refractivity contribution in [3.8, 4) is 5.75 Å². The number of nitrogens with zero attached hydrogens (tertiary/aromatic N) is 1. The molecule has 0 fully saturated rings. The molecule has 176 valence electrons. The number of rotatable bonds is 7. The van der Waals surface area contributed by atoms with E-state index in [9.17, 15) is 19.2 Å². The van der Waals surface area contributed by atoms with Crippen LogP contribution < -0.4 is 9.64 Å². The maximum absolute atomic E-state index is 13.5. The van der Waals surface area contributed by atoms with Crippen LogP contribution in [0, 0.1) is 0 Å². The van der Waals surface area contributed by atoms with Crippen molar-refractivity contribution in [3.05, 3.63) is 95.1 Å². The third kappa shape index (κ3) is 4.96. The van der Waals surface area contributed by atoms with Crippen LogP contribution >= 0.6 is 0 Å². The Kier molecular flexibility index (Phi) is 6.73. The maximum Gasteiger partial charge on any atom is 0.341 e. The first-order valence-electron chi connectivity index (χ1n) is 10.8. The third-order valence-electron chi connectivity index (χ3n) is 5.27. The van der Waals surface area contributed by atoms with Gasteiger partial charge in [0.15, 0.2) is 6.61 Å². The van der Waals surface area contributed by atoms with Crippen LogP contribution in [-0.2, 0) is 14.3 Å². The van der Waals surface area contributed by atoms with Crippen molar-refractivity contribution < 1.29 is 33.8 Å². The quantitative estimate of drug-likeness (QED) is 0.314. The fourth-order valence-corrected chi connectivity index (χ4v) is 3.66. The third-order valence-corrected chi connectivity index (χ3v) is 5.27. The number of carboxylic acid groups (broad SMARTS) is 1. The molecule has 8 heteroatoms. The van der Waals surface area contributed by atoms with Crippen LogP contribution in [0.5, 0.6) is 5.75 Å². The Bertz CT molecular complexity index is 1320. The van der Waals surface area contributed by atoms with Crippen LogP contribution in [0.3, 0.4) is 0 Å². The van der Waals surface area contributed by atoms with E-state index < -0.39 is 30.4 Å². The molecule has 3 aromatic rings. The summed E-state index contributed by atoms with van der Waals surface area (Å²) in [6.07, 6.45) is 1.66. The molecular weight excluding hydrogens is 450 g/mol. The van der Waals surface area contributed by atoms with Crippen molar-refractivity contribution in [1.82, 2.24) is 0 Å². The maximum atomic E-state index is 13.5. The Morgan fingerprint density at radius 1 is 0.886 bits per heavy atom. The van der Waals surface area contributed by atoms with E-state index in [2.05, 4.69) is 0 Å². The highest BCUT2D eigenvalue weighted by Gasteiger charge is 2.35. The van der Waals surface area contributed by atoms with Crippen LogP contribution in [0.4, 0.5) is 5.69 Å². The molecule has 3 aromatic carbocycles. The van der Waals surface area contributed by atoms with Gasteiger partial charge in [-0.2, -0.15) is 0 Å². The van der Waals surface area contributed by atoms with Crippen LogP contribution in [0.2, 0.25) is 0 Å². The lowest BCUT2D eigenvalue weighted by molar-refractivity contribution is -0.139. The summed E-state index contributed by atoms with van der Waals surface area (Å²) in [5, 5.41) is 8.75. The first kappa shape index (κ1) is 23.4. The average molecular weight is 471 g/mol. The minimum atomic E-state index is -1.08. The zero-order valence-electron chi connectivity index (χ0n) is 18.8. The predicted octanol–water partition coefficient (Wildman–Crippen LogP) is 4.05. The fourth-order valence-electron chi connectivity index (χ4n) is 3.66. The number of carboxylic acids is 1. The molecule has 1 aliphatic heterocycles. The number of aliphatic carboxylic acids is 1. The second-order valence-electron chi connectivity index (χ2n) is 7.57. The van der Waals surface area contributed by atoms with E-state index >= 15 is 0 Å². The van der Waals surface area contributed by atoms with Gasteiger partial charge >= 0.3 is 11.9 Å². The van der Waals surface area contributed by atoms with Gasteiger partial charge in [-0.1, -0.05) is 30.3 Å². The smallest absolute Gasteiger partial charge is 0.341 e. The monoisotopic (exact) mass is 471 g/mol. The molecule has 1 heterocycles. The number of esters is 1. The Balaban J connectivity index is 1.70. The van der Waals surface area contributed by atoms with E-state index in [1.807, 2.05) is 0 Å². The van der Waals surface area contributed by atoms with Crippen molar-refractivity contribution >= 4 is 41.1 Å². The fraction of sp³-hybridized carbons (Fsp3) is 0.111. The molecule has 0 bridgehead atoms. The van der Waals surface area contributed by atoms with Gasteiger partial charge in [0.1, 0.15) is 5.75 Å². The summed E-state index contributed by atoms with van der Waals surface area (Å²) in [5.74, 6) is -2.17.